The highest BCUT2D eigenvalue weighted by atomic mass is 35.5. The van der Waals surface area contributed by atoms with Gasteiger partial charge in [-0.25, -0.2) is 4.42 Å². The number of nitrogens with one attached hydrogen (secondary N) is 1. The standard InChI is InChI=1S/C26H44ClN3O6/c1-17(2)20(13-19-9-10-23(35-7)24(14-19)36-12-8-11-34-6)15-21(28)22(32)16-30(27)25(33)26(4,5)29-18(3)31/h9-10,14,17,20-22,32H,8,11-13,15-16,28H2,1-7H3,(H,29,31)/t20-,21-,22-/m0/s1. The number of halogens is 1. The monoisotopic (exact) mass is 529 g/mol. The number of hydrogen-bond acceptors (Lipinski definition) is 7. The van der Waals surface area contributed by atoms with Crippen LogP contribution in [-0.2, 0) is 20.7 Å². The highest BCUT2D eigenvalue weighted by Crippen LogP contribution is 2.31. The summed E-state index contributed by atoms with van der Waals surface area (Å²) >= 11 is 6.16. The normalized spacial score (nSPS) is 14.2. The number of benzene rings is 1. The first-order valence-electron chi connectivity index (χ1n) is 12.3. The maximum atomic E-state index is 12.6. The zero-order chi connectivity index (χ0) is 27.5. The van der Waals surface area contributed by atoms with Crippen molar-refractivity contribution in [2.75, 3.05) is 34.0 Å². The molecule has 0 radical (unpaired) electrons. The van der Waals surface area contributed by atoms with Crippen molar-refractivity contribution in [1.29, 1.82) is 0 Å². The van der Waals surface area contributed by atoms with E-state index in [1.165, 1.54) is 6.92 Å². The molecule has 0 aromatic heterocycles. The number of ether oxygens (including phenoxy) is 3. The lowest BCUT2D eigenvalue weighted by molar-refractivity contribution is -0.136. The molecule has 1 aromatic carbocycles. The van der Waals surface area contributed by atoms with E-state index in [4.69, 9.17) is 31.7 Å². The Morgan fingerprint density at radius 1 is 1.19 bits per heavy atom. The topological polar surface area (TPSA) is 123 Å². The Kier molecular flexibility index (Phi) is 13.5. The Balaban J connectivity index is 2.83. The Labute approximate surface area is 220 Å². The highest BCUT2D eigenvalue weighted by Gasteiger charge is 2.34. The van der Waals surface area contributed by atoms with E-state index < -0.39 is 23.6 Å². The number of hydrogen-bond donors (Lipinski definition) is 3. The summed E-state index contributed by atoms with van der Waals surface area (Å²) in [4.78, 5) is 24.0. The molecule has 4 N–H and O–H groups in total. The van der Waals surface area contributed by atoms with Gasteiger partial charge in [0.05, 0.1) is 26.4 Å². The maximum Gasteiger partial charge on any atom is 0.262 e. The van der Waals surface area contributed by atoms with E-state index in [2.05, 4.69) is 19.2 Å². The number of nitrogens with zero attached hydrogens (tertiary/aromatic N) is 1. The molecule has 10 heteroatoms. The van der Waals surface area contributed by atoms with Gasteiger partial charge in [-0.15, -0.1) is 0 Å². The zero-order valence-electron chi connectivity index (χ0n) is 22.7. The third-order valence-electron chi connectivity index (χ3n) is 6.08. The third-order valence-corrected chi connectivity index (χ3v) is 6.37. The van der Waals surface area contributed by atoms with E-state index in [-0.39, 0.29) is 18.4 Å². The van der Waals surface area contributed by atoms with E-state index in [1.54, 1.807) is 28.1 Å². The summed E-state index contributed by atoms with van der Waals surface area (Å²) < 4.78 is 17.3. The largest absolute Gasteiger partial charge is 0.493 e. The lowest BCUT2D eigenvalue weighted by Crippen LogP contribution is -2.55. The number of amides is 2. The van der Waals surface area contributed by atoms with Gasteiger partial charge in [-0.05, 0) is 56.2 Å². The van der Waals surface area contributed by atoms with Gasteiger partial charge in [0.1, 0.15) is 5.54 Å². The summed E-state index contributed by atoms with van der Waals surface area (Å²) in [6.07, 6.45) is 1.00. The molecule has 2 amide bonds. The number of aliphatic hydroxyl groups is 1. The molecular formula is C26H44ClN3O6. The van der Waals surface area contributed by atoms with Gasteiger partial charge in [-0.1, -0.05) is 19.9 Å². The number of methoxy groups -OCH3 is 2. The van der Waals surface area contributed by atoms with Crippen LogP contribution in [0.3, 0.4) is 0 Å². The van der Waals surface area contributed by atoms with E-state index in [0.717, 1.165) is 22.8 Å². The molecule has 206 valence electrons. The van der Waals surface area contributed by atoms with E-state index >= 15 is 0 Å². The number of carbonyl (C=O) groups excluding carboxylic acids is 2. The summed E-state index contributed by atoms with van der Waals surface area (Å²) in [6.45, 7) is 9.64. The fourth-order valence-electron chi connectivity index (χ4n) is 3.93. The third kappa shape index (κ3) is 10.5. The fraction of sp³-hybridized carbons (Fsp3) is 0.692. The van der Waals surface area contributed by atoms with Crippen molar-refractivity contribution >= 4 is 23.6 Å². The van der Waals surface area contributed by atoms with E-state index in [0.29, 0.717) is 37.1 Å². The van der Waals surface area contributed by atoms with Crippen LogP contribution in [-0.4, -0.2) is 73.0 Å². The predicted molar refractivity (Wildman–Crippen MR) is 141 cm³/mol. The number of carbonyl (C=O) groups is 2. The predicted octanol–water partition coefficient (Wildman–Crippen LogP) is 2.90. The molecular weight excluding hydrogens is 486 g/mol. The number of aliphatic hydroxyl groups excluding tert-OH is 1. The molecule has 0 bridgehead atoms. The highest BCUT2D eigenvalue weighted by molar-refractivity contribution is 6.22. The van der Waals surface area contributed by atoms with E-state index in [1.807, 2.05) is 18.2 Å². The van der Waals surface area contributed by atoms with Crippen molar-refractivity contribution in [3.8, 4) is 11.5 Å². The first-order valence-corrected chi connectivity index (χ1v) is 12.6. The Bertz CT molecular complexity index is 836. The van der Waals surface area contributed by atoms with Crippen LogP contribution in [0.15, 0.2) is 18.2 Å². The van der Waals surface area contributed by atoms with Crippen LogP contribution in [0.5, 0.6) is 11.5 Å². The second-order valence-electron chi connectivity index (χ2n) is 10.0. The lowest BCUT2D eigenvalue weighted by Gasteiger charge is -2.31. The quantitative estimate of drug-likeness (QED) is 0.222. The molecule has 0 spiro atoms. The Morgan fingerprint density at radius 2 is 1.86 bits per heavy atom. The van der Waals surface area contributed by atoms with Gasteiger partial charge in [0.25, 0.3) is 5.91 Å². The molecule has 0 aliphatic rings. The van der Waals surface area contributed by atoms with Gasteiger partial charge < -0.3 is 30.4 Å². The minimum atomic E-state index is -1.20. The molecule has 0 unspecified atom stereocenters. The van der Waals surface area contributed by atoms with E-state index in [9.17, 15) is 14.7 Å². The van der Waals surface area contributed by atoms with Crippen molar-refractivity contribution in [2.45, 2.75) is 71.6 Å². The van der Waals surface area contributed by atoms with Gasteiger partial charge in [0.2, 0.25) is 5.91 Å². The van der Waals surface area contributed by atoms with Gasteiger partial charge >= 0.3 is 0 Å². The molecule has 1 rings (SSSR count). The first-order chi connectivity index (χ1) is 16.8. The van der Waals surface area contributed by atoms with Gasteiger partial charge in [0, 0.05) is 44.9 Å². The molecule has 3 atom stereocenters. The first kappa shape index (κ1) is 32.0. The van der Waals surface area contributed by atoms with Crippen LogP contribution in [0.1, 0.15) is 53.0 Å². The molecule has 1 aromatic rings. The Morgan fingerprint density at radius 3 is 2.42 bits per heavy atom. The average Bonchev–Trinajstić information content (AvgIpc) is 2.79. The van der Waals surface area contributed by atoms with Crippen LogP contribution in [0, 0.1) is 11.8 Å². The van der Waals surface area contributed by atoms with Crippen molar-refractivity contribution in [3.63, 3.8) is 0 Å². The summed E-state index contributed by atoms with van der Waals surface area (Å²) in [5, 5.41) is 13.3. The Hall–Kier alpha value is -2.07. The molecule has 36 heavy (non-hydrogen) atoms. The molecule has 9 nitrogen and oxygen atoms in total. The SMILES string of the molecule is COCCCOc1cc(C[C@@H](C[C@H](N)[C@@H](O)CN(Cl)C(=O)C(C)(C)NC(C)=O)C(C)C)ccc1OC. The number of rotatable bonds is 16. The van der Waals surface area contributed by atoms with Crippen molar-refractivity contribution in [3.05, 3.63) is 23.8 Å². The molecule has 0 fully saturated rings. The van der Waals surface area contributed by atoms with Crippen LogP contribution < -0.4 is 20.5 Å². The smallest absolute Gasteiger partial charge is 0.262 e. The minimum absolute atomic E-state index is 0.155. The second-order valence-corrected chi connectivity index (χ2v) is 10.4. The average molecular weight is 530 g/mol. The van der Waals surface area contributed by atoms with Crippen LogP contribution in [0.2, 0.25) is 0 Å². The van der Waals surface area contributed by atoms with Gasteiger partial charge in [-0.3, -0.25) is 9.59 Å². The molecule has 0 aliphatic carbocycles. The van der Waals surface area contributed by atoms with Crippen LogP contribution in [0.25, 0.3) is 0 Å². The molecule has 0 aliphatic heterocycles. The molecule has 0 heterocycles. The summed E-state index contributed by atoms with van der Waals surface area (Å²) in [7, 11) is 3.26. The second kappa shape index (κ2) is 15.2. The molecule has 0 saturated carbocycles. The summed E-state index contributed by atoms with van der Waals surface area (Å²) in [5.41, 5.74) is 6.22. The van der Waals surface area contributed by atoms with Crippen LogP contribution >= 0.6 is 11.8 Å². The van der Waals surface area contributed by atoms with Crippen molar-refractivity contribution in [1.82, 2.24) is 9.74 Å². The minimum Gasteiger partial charge on any atom is -0.493 e. The maximum absolute atomic E-state index is 12.6. The van der Waals surface area contributed by atoms with Crippen LogP contribution in [0.4, 0.5) is 0 Å². The van der Waals surface area contributed by atoms with Gasteiger partial charge in [0.15, 0.2) is 11.5 Å². The summed E-state index contributed by atoms with van der Waals surface area (Å²) in [6, 6.07) is 5.27. The number of nitrogens with two attached hydrogens (primary N) is 1. The van der Waals surface area contributed by atoms with Crippen molar-refractivity contribution in [2.24, 2.45) is 17.6 Å². The zero-order valence-corrected chi connectivity index (χ0v) is 23.4. The van der Waals surface area contributed by atoms with Crippen molar-refractivity contribution < 1.29 is 28.9 Å². The molecule has 0 saturated heterocycles. The van der Waals surface area contributed by atoms with Gasteiger partial charge in [-0.2, -0.15) is 0 Å². The summed E-state index contributed by atoms with van der Waals surface area (Å²) in [5.74, 6) is 0.929. The lowest BCUT2D eigenvalue weighted by atomic mass is 9.83. The fourth-order valence-corrected chi connectivity index (χ4v) is 4.28.